The van der Waals surface area contributed by atoms with Crippen LogP contribution in [0.15, 0.2) is 30.3 Å². The number of para-hydroxylation sites is 1. The number of carbonyl (C=O) groups is 1. The Bertz CT molecular complexity index is 496. The summed E-state index contributed by atoms with van der Waals surface area (Å²) in [6.45, 7) is 0. The standard InChI is InChI=1S/C10H10N2O.BH2O2/c1-12-8-5-3-2-4-7(8)6-9(12)10(11)13;2-1-3/h2-6H,1H3,(H2,11,13);2-3H. The molecule has 0 aliphatic heterocycles. The van der Waals surface area contributed by atoms with Crippen LogP contribution in [0.2, 0.25) is 0 Å². The van der Waals surface area contributed by atoms with Crippen molar-refractivity contribution in [1.29, 1.82) is 0 Å². The molecule has 16 heavy (non-hydrogen) atoms. The average Bonchev–Trinajstić information content (AvgIpc) is 2.58. The van der Waals surface area contributed by atoms with Crippen molar-refractivity contribution >= 4 is 24.5 Å². The molecule has 83 valence electrons. The third-order valence-electron chi connectivity index (χ3n) is 2.20. The molecule has 5 nitrogen and oxygen atoms in total. The third-order valence-corrected chi connectivity index (χ3v) is 2.20. The highest BCUT2D eigenvalue weighted by Gasteiger charge is 2.08. The van der Waals surface area contributed by atoms with Crippen LogP contribution in [0.5, 0.6) is 0 Å². The van der Waals surface area contributed by atoms with E-state index in [1.54, 1.807) is 10.6 Å². The zero-order chi connectivity index (χ0) is 12.1. The van der Waals surface area contributed by atoms with Gasteiger partial charge in [-0.3, -0.25) is 4.79 Å². The Balaban J connectivity index is 0.000000386. The van der Waals surface area contributed by atoms with Crippen molar-refractivity contribution in [2.45, 2.75) is 0 Å². The normalized spacial score (nSPS) is 9.44. The highest BCUT2D eigenvalue weighted by molar-refractivity contribution is 6.13. The maximum absolute atomic E-state index is 11.0. The Morgan fingerprint density at radius 1 is 1.38 bits per heavy atom. The predicted octanol–water partition coefficient (Wildman–Crippen LogP) is -0.218. The van der Waals surface area contributed by atoms with Gasteiger partial charge in [-0.15, -0.1) is 0 Å². The average molecular weight is 219 g/mol. The van der Waals surface area contributed by atoms with Crippen LogP contribution < -0.4 is 5.73 Å². The molecule has 0 unspecified atom stereocenters. The number of rotatable bonds is 1. The van der Waals surface area contributed by atoms with Gasteiger partial charge in [-0.05, 0) is 12.1 Å². The molecule has 0 saturated carbocycles. The van der Waals surface area contributed by atoms with Gasteiger partial charge in [0, 0.05) is 18.0 Å². The molecule has 0 spiro atoms. The molecule has 2 aromatic rings. The smallest absolute Gasteiger partial charge is 0.429 e. The lowest BCUT2D eigenvalue weighted by Crippen LogP contribution is -2.14. The van der Waals surface area contributed by atoms with Gasteiger partial charge in [0.1, 0.15) is 5.69 Å². The zero-order valence-electron chi connectivity index (χ0n) is 8.79. The summed E-state index contributed by atoms with van der Waals surface area (Å²) in [5, 5.41) is 15.0. The number of benzene rings is 1. The fourth-order valence-corrected chi connectivity index (χ4v) is 1.53. The number of hydrogen-bond donors (Lipinski definition) is 3. The van der Waals surface area contributed by atoms with E-state index >= 15 is 0 Å². The predicted molar refractivity (Wildman–Crippen MR) is 61.6 cm³/mol. The van der Waals surface area contributed by atoms with Gasteiger partial charge in [0.2, 0.25) is 0 Å². The van der Waals surface area contributed by atoms with E-state index in [-0.39, 0.29) is 7.69 Å². The molecule has 6 heteroatoms. The van der Waals surface area contributed by atoms with Crippen molar-refractivity contribution in [2.24, 2.45) is 12.8 Å². The van der Waals surface area contributed by atoms with Crippen molar-refractivity contribution < 1.29 is 14.8 Å². The number of amides is 1. The summed E-state index contributed by atoms with van der Waals surface area (Å²) in [6.07, 6.45) is 0. The number of fused-ring (bicyclic) bond motifs is 1. The number of nitrogens with zero attached hydrogens (tertiary/aromatic N) is 1. The molecular weight excluding hydrogens is 207 g/mol. The summed E-state index contributed by atoms with van der Waals surface area (Å²) in [6, 6.07) is 9.60. The van der Waals surface area contributed by atoms with E-state index in [2.05, 4.69) is 0 Å². The van der Waals surface area contributed by atoms with Gasteiger partial charge in [0.05, 0.1) is 0 Å². The molecule has 2 rings (SSSR count). The van der Waals surface area contributed by atoms with Crippen LogP contribution in [0.1, 0.15) is 10.5 Å². The lowest BCUT2D eigenvalue weighted by Gasteiger charge is -1.98. The maximum atomic E-state index is 11.0. The molecule has 1 amide bonds. The molecule has 4 N–H and O–H groups in total. The second-order valence-electron chi connectivity index (χ2n) is 3.13. The Hall–Kier alpha value is -1.79. The highest BCUT2D eigenvalue weighted by atomic mass is 16.4. The van der Waals surface area contributed by atoms with Crippen molar-refractivity contribution in [2.75, 3.05) is 0 Å². The van der Waals surface area contributed by atoms with Crippen molar-refractivity contribution in [3.63, 3.8) is 0 Å². The van der Waals surface area contributed by atoms with Gasteiger partial charge in [-0.2, -0.15) is 0 Å². The van der Waals surface area contributed by atoms with Gasteiger partial charge in [0.25, 0.3) is 5.91 Å². The largest absolute Gasteiger partial charge is 0.482 e. The fraction of sp³-hybridized carbons (Fsp3) is 0.100. The second kappa shape index (κ2) is 5.34. The summed E-state index contributed by atoms with van der Waals surface area (Å²) >= 11 is 0. The van der Waals surface area contributed by atoms with E-state index in [4.69, 9.17) is 15.8 Å². The Morgan fingerprint density at radius 3 is 2.44 bits per heavy atom. The third kappa shape index (κ3) is 2.42. The molecule has 1 aromatic carbocycles. The summed E-state index contributed by atoms with van der Waals surface area (Å²) in [7, 11) is 1.84. The minimum Gasteiger partial charge on any atom is -0.429 e. The fourth-order valence-electron chi connectivity index (χ4n) is 1.53. The Labute approximate surface area is 93.4 Å². The van der Waals surface area contributed by atoms with Crippen LogP contribution >= 0.6 is 0 Å². The monoisotopic (exact) mass is 219 g/mol. The number of aryl methyl sites for hydroxylation is 1. The minimum absolute atomic E-state index is 0. The van der Waals surface area contributed by atoms with E-state index < -0.39 is 5.91 Å². The minimum atomic E-state index is -0.390. The Morgan fingerprint density at radius 2 is 1.94 bits per heavy atom. The molecule has 0 aliphatic rings. The molecule has 0 bridgehead atoms. The number of hydrogen-bond acceptors (Lipinski definition) is 3. The SMILES string of the molecule is Cn1c(C(N)=O)cc2ccccc21.O[B]O. The zero-order valence-corrected chi connectivity index (χ0v) is 8.79. The van der Waals surface area contributed by atoms with E-state index in [0.29, 0.717) is 5.69 Å². The Kier molecular flexibility index (Phi) is 4.10. The molecule has 1 radical (unpaired) electrons. The molecule has 1 heterocycles. The van der Waals surface area contributed by atoms with Gasteiger partial charge in [0.15, 0.2) is 0 Å². The maximum Gasteiger partial charge on any atom is 0.482 e. The summed E-state index contributed by atoms with van der Waals surface area (Å²) < 4.78 is 1.80. The lowest BCUT2D eigenvalue weighted by molar-refractivity contribution is 0.0993. The van der Waals surface area contributed by atoms with E-state index in [0.717, 1.165) is 10.9 Å². The summed E-state index contributed by atoms with van der Waals surface area (Å²) in [4.78, 5) is 11.0. The van der Waals surface area contributed by atoms with E-state index in [1.165, 1.54) is 0 Å². The van der Waals surface area contributed by atoms with Crippen LogP contribution in [0.25, 0.3) is 10.9 Å². The molecule has 0 atom stereocenters. The molecule has 1 aromatic heterocycles. The second-order valence-corrected chi connectivity index (χ2v) is 3.13. The highest BCUT2D eigenvalue weighted by Crippen LogP contribution is 2.17. The lowest BCUT2D eigenvalue weighted by atomic mass is 10.2. The molecular formula is C10H12BN2O3. The van der Waals surface area contributed by atoms with Gasteiger partial charge < -0.3 is 20.3 Å². The van der Waals surface area contributed by atoms with E-state index in [9.17, 15) is 4.79 Å². The molecule has 0 aliphatic carbocycles. The van der Waals surface area contributed by atoms with Crippen LogP contribution in [-0.2, 0) is 7.05 Å². The number of aromatic nitrogens is 1. The quantitative estimate of drug-likeness (QED) is 0.579. The first-order valence-electron chi connectivity index (χ1n) is 4.56. The summed E-state index contributed by atoms with van der Waals surface area (Å²) in [5.41, 5.74) is 6.79. The van der Waals surface area contributed by atoms with Crippen LogP contribution in [0.3, 0.4) is 0 Å². The number of nitrogens with two attached hydrogens (primary N) is 1. The number of carbonyl (C=O) groups excluding carboxylic acids is 1. The van der Waals surface area contributed by atoms with Crippen molar-refractivity contribution in [3.05, 3.63) is 36.0 Å². The van der Waals surface area contributed by atoms with Crippen LogP contribution in [0, 0.1) is 0 Å². The van der Waals surface area contributed by atoms with Crippen LogP contribution in [0.4, 0.5) is 0 Å². The van der Waals surface area contributed by atoms with Gasteiger partial charge in [-0.25, -0.2) is 0 Å². The first-order valence-corrected chi connectivity index (χ1v) is 4.56. The molecule has 0 fully saturated rings. The van der Waals surface area contributed by atoms with Gasteiger partial charge in [-0.1, -0.05) is 18.2 Å². The van der Waals surface area contributed by atoms with Crippen LogP contribution in [-0.4, -0.2) is 28.2 Å². The van der Waals surface area contributed by atoms with Crippen molar-refractivity contribution in [1.82, 2.24) is 4.57 Å². The topological polar surface area (TPSA) is 88.5 Å². The first-order chi connectivity index (χ1) is 7.61. The van der Waals surface area contributed by atoms with Crippen molar-refractivity contribution in [3.8, 4) is 0 Å². The van der Waals surface area contributed by atoms with E-state index in [1.807, 2.05) is 31.3 Å². The number of primary amides is 1. The first kappa shape index (κ1) is 12.3. The summed E-state index contributed by atoms with van der Waals surface area (Å²) in [5.74, 6) is -0.390. The molecule has 0 saturated heterocycles. The van der Waals surface area contributed by atoms with Gasteiger partial charge >= 0.3 is 7.69 Å².